The maximum atomic E-state index is 12.7. The summed E-state index contributed by atoms with van der Waals surface area (Å²) in [5.74, 6) is -0.443. The van der Waals surface area contributed by atoms with E-state index in [1.54, 1.807) is 17.5 Å². The van der Waals surface area contributed by atoms with Crippen molar-refractivity contribution in [1.82, 2.24) is 4.31 Å². The fourth-order valence-electron chi connectivity index (χ4n) is 3.89. The Morgan fingerprint density at radius 1 is 1.04 bits per heavy atom. The van der Waals surface area contributed by atoms with Crippen LogP contribution in [0.1, 0.15) is 25.7 Å². The molecule has 2 aliphatic heterocycles. The Balaban J connectivity index is 1.39. The predicted octanol–water partition coefficient (Wildman–Crippen LogP) is 3.39. The Labute approximate surface area is 170 Å². The number of hydrogen-bond acceptors (Lipinski definition) is 5. The van der Waals surface area contributed by atoms with E-state index in [4.69, 9.17) is 0 Å². The smallest absolute Gasteiger partial charge is 0.252 e. The number of nitrogens with zero attached hydrogens (tertiary/aromatic N) is 2. The lowest BCUT2D eigenvalue weighted by Crippen LogP contribution is -2.43. The first-order valence-electron chi connectivity index (χ1n) is 9.73. The molecule has 0 unspecified atom stereocenters. The average molecular weight is 420 g/mol. The second-order valence-electron chi connectivity index (χ2n) is 7.36. The fraction of sp³-hybridized carbons (Fsp3) is 0.450. The van der Waals surface area contributed by atoms with Crippen LogP contribution in [0.15, 0.2) is 46.0 Å². The summed E-state index contributed by atoms with van der Waals surface area (Å²) in [6.45, 7) is 2.87. The molecular formula is C20H25N3O3S2. The molecule has 0 radical (unpaired) electrons. The number of nitrogens with one attached hydrogen (secondary N) is 1. The van der Waals surface area contributed by atoms with E-state index in [0.29, 0.717) is 23.6 Å². The van der Waals surface area contributed by atoms with Crippen LogP contribution in [0, 0.1) is 5.92 Å². The highest BCUT2D eigenvalue weighted by atomic mass is 32.2. The largest absolute Gasteiger partial charge is 0.372 e. The van der Waals surface area contributed by atoms with Crippen LogP contribution in [-0.4, -0.2) is 44.8 Å². The topological polar surface area (TPSA) is 69.7 Å². The molecule has 3 heterocycles. The molecule has 8 heteroatoms. The number of carbonyl (C=O) groups is 1. The number of hydrogen-bond donors (Lipinski definition) is 1. The van der Waals surface area contributed by atoms with Gasteiger partial charge in [-0.1, -0.05) is 6.07 Å². The monoisotopic (exact) mass is 419 g/mol. The summed E-state index contributed by atoms with van der Waals surface area (Å²) in [5, 5.41) is 4.72. The number of thiophene rings is 1. The van der Waals surface area contributed by atoms with Crippen molar-refractivity contribution in [2.24, 2.45) is 5.92 Å². The molecule has 2 aliphatic rings. The van der Waals surface area contributed by atoms with Crippen LogP contribution in [-0.2, 0) is 14.8 Å². The zero-order chi connectivity index (χ0) is 19.6. The van der Waals surface area contributed by atoms with E-state index in [1.807, 2.05) is 24.3 Å². The van der Waals surface area contributed by atoms with Crippen LogP contribution in [0.4, 0.5) is 11.4 Å². The maximum absolute atomic E-state index is 12.7. The summed E-state index contributed by atoms with van der Waals surface area (Å²) in [6, 6.07) is 11.3. The highest BCUT2D eigenvalue weighted by Gasteiger charge is 2.33. The van der Waals surface area contributed by atoms with Gasteiger partial charge in [-0.2, -0.15) is 4.31 Å². The molecule has 2 aromatic rings. The van der Waals surface area contributed by atoms with Crippen molar-refractivity contribution in [3.63, 3.8) is 0 Å². The van der Waals surface area contributed by atoms with Crippen LogP contribution < -0.4 is 10.2 Å². The predicted molar refractivity (Wildman–Crippen MR) is 112 cm³/mol. The molecule has 2 fully saturated rings. The molecule has 2 saturated heterocycles. The van der Waals surface area contributed by atoms with Gasteiger partial charge in [0.05, 0.1) is 5.92 Å². The van der Waals surface area contributed by atoms with Gasteiger partial charge in [0.15, 0.2) is 0 Å². The molecule has 1 amide bonds. The lowest BCUT2D eigenvalue weighted by atomic mass is 9.98. The normalized spacial score (nSPS) is 21.0. The lowest BCUT2D eigenvalue weighted by Gasteiger charge is -2.30. The van der Waals surface area contributed by atoms with Crippen LogP contribution in [0.3, 0.4) is 0 Å². The third kappa shape index (κ3) is 4.09. The maximum Gasteiger partial charge on any atom is 0.252 e. The van der Waals surface area contributed by atoms with Crippen molar-refractivity contribution in [1.29, 1.82) is 0 Å². The van der Waals surface area contributed by atoms with Crippen LogP contribution in [0.25, 0.3) is 0 Å². The summed E-state index contributed by atoms with van der Waals surface area (Å²) >= 11 is 1.21. The van der Waals surface area contributed by atoms with E-state index in [-0.39, 0.29) is 18.4 Å². The van der Waals surface area contributed by atoms with Gasteiger partial charge in [0.25, 0.3) is 10.0 Å². The van der Waals surface area contributed by atoms with Gasteiger partial charge < -0.3 is 10.2 Å². The molecule has 1 aromatic heterocycles. The SMILES string of the molecule is O=C(Nc1ccc(N2CCCC2)cc1)[C@@H]1CCCN(S(=O)(=O)c2cccs2)C1. The van der Waals surface area contributed by atoms with Gasteiger partial charge in [-0.05, 0) is 61.4 Å². The second kappa shape index (κ2) is 8.23. The Morgan fingerprint density at radius 3 is 2.46 bits per heavy atom. The number of benzene rings is 1. The van der Waals surface area contributed by atoms with Gasteiger partial charge in [-0.15, -0.1) is 11.3 Å². The minimum Gasteiger partial charge on any atom is -0.372 e. The highest BCUT2D eigenvalue weighted by Crippen LogP contribution is 2.27. The third-order valence-corrected chi connectivity index (χ3v) is 8.69. The lowest BCUT2D eigenvalue weighted by molar-refractivity contribution is -0.120. The van der Waals surface area contributed by atoms with Crippen molar-refractivity contribution in [3.05, 3.63) is 41.8 Å². The molecular weight excluding hydrogens is 394 g/mol. The molecule has 4 rings (SSSR count). The Kier molecular flexibility index (Phi) is 5.70. The van der Waals surface area contributed by atoms with Crippen molar-refractivity contribution < 1.29 is 13.2 Å². The van der Waals surface area contributed by atoms with Crippen molar-refractivity contribution in [2.75, 3.05) is 36.4 Å². The molecule has 1 N–H and O–H groups in total. The van der Waals surface area contributed by atoms with Gasteiger partial charge in [0.1, 0.15) is 4.21 Å². The molecule has 0 spiro atoms. The minimum absolute atomic E-state index is 0.111. The molecule has 0 saturated carbocycles. The summed E-state index contributed by atoms with van der Waals surface area (Å²) in [5.41, 5.74) is 1.94. The van der Waals surface area contributed by atoms with Crippen LogP contribution in [0.2, 0.25) is 0 Å². The van der Waals surface area contributed by atoms with Gasteiger partial charge in [0, 0.05) is 37.6 Å². The summed E-state index contributed by atoms with van der Waals surface area (Å²) in [6.07, 6.45) is 3.85. The molecule has 28 heavy (non-hydrogen) atoms. The fourth-order valence-corrected chi connectivity index (χ4v) is 6.56. The molecule has 0 bridgehead atoms. The van der Waals surface area contributed by atoms with E-state index >= 15 is 0 Å². The number of carbonyl (C=O) groups excluding carboxylic acids is 1. The van der Waals surface area contributed by atoms with E-state index in [0.717, 1.165) is 18.8 Å². The first kappa shape index (κ1) is 19.4. The number of anilines is 2. The number of rotatable bonds is 5. The Hall–Kier alpha value is -1.90. The van der Waals surface area contributed by atoms with E-state index in [9.17, 15) is 13.2 Å². The van der Waals surface area contributed by atoms with Crippen LogP contribution in [0.5, 0.6) is 0 Å². The number of piperidine rings is 1. The molecule has 1 aromatic carbocycles. The molecule has 6 nitrogen and oxygen atoms in total. The molecule has 0 aliphatic carbocycles. The van der Waals surface area contributed by atoms with Gasteiger partial charge in [0.2, 0.25) is 5.91 Å². The first-order chi connectivity index (χ1) is 13.5. The number of amides is 1. The minimum atomic E-state index is -3.51. The number of sulfonamides is 1. The van der Waals surface area contributed by atoms with E-state index in [2.05, 4.69) is 10.2 Å². The molecule has 1 atom stereocenters. The first-order valence-corrected chi connectivity index (χ1v) is 12.1. The zero-order valence-corrected chi connectivity index (χ0v) is 17.3. The van der Waals surface area contributed by atoms with Gasteiger partial charge in [-0.25, -0.2) is 8.42 Å². The van der Waals surface area contributed by atoms with Crippen molar-refractivity contribution in [3.8, 4) is 0 Å². The van der Waals surface area contributed by atoms with Gasteiger partial charge >= 0.3 is 0 Å². The Morgan fingerprint density at radius 2 is 1.79 bits per heavy atom. The quantitative estimate of drug-likeness (QED) is 0.807. The average Bonchev–Trinajstić information content (AvgIpc) is 3.43. The second-order valence-corrected chi connectivity index (χ2v) is 10.5. The zero-order valence-electron chi connectivity index (χ0n) is 15.7. The standard InChI is InChI=1S/C20H25N3O3S2/c24-20(21-17-7-9-18(10-8-17)22-11-1-2-12-22)16-5-3-13-23(15-16)28(25,26)19-6-4-14-27-19/h4,6-10,14,16H,1-3,5,11-13,15H2,(H,21,24)/t16-/m1/s1. The van der Waals surface area contributed by atoms with E-state index in [1.165, 1.54) is 34.2 Å². The van der Waals surface area contributed by atoms with Crippen LogP contribution >= 0.6 is 11.3 Å². The summed E-state index contributed by atoms with van der Waals surface area (Å²) in [7, 11) is -3.51. The Bertz CT molecular complexity index is 905. The van der Waals surface area contributed by atoms with E-state index < -0.39 is 10.0 Å². The summed E-state index contributed by atoms with van der Waals surface area (Å²) < 4.78 is 27.3. The summed E-state index contributed by atoms with van der Waals surface area (Å²) in [4.78, 5) is 15.1. The molecule has 150 valence electrons. The van der Waals surface area contributed by atoms with Gasteiger partial charge in [-0.3, -0.25) is 4.79 Å². The van der Waals surface area contributed by atoms with Crippen molar-refractivity contribution >= 4 is 38.6 Å². The van der Waals surface area contributed by atoms with Crippen molar-refractivity contribution in [2.45, 2.75) is 29.9 Å². The highest BCUT2D eigenvalue weighted by molar-refractivity contribution is 7.91. The third-order valence-electron chi connectivity index (χ3n) is 5.45.